The van der Waals surface area contributed by atoms with Gasteiger partial charge in [0.25, 0.3) is 0 Å². The molecule has 0 saturated carbocycles. The van der Waals surface area contributed by atoms with Gasteiger partial charge in [0.05, 0.1) is 5.58 Å². The number of hydrogen-bond acceptors (Lipinski definition) is 4. The fourth-order valence-electron chi connectivity index (χ4n) is 6.00. The van der Waals surface area contributed by atoms with Gasteiger partial charge >= 0.3 is 0 Å². The van der Waals surface area contributed by atoms with Crippen molar-refractivity contribution in [2.45, 2.75) is 20.8 Å². The van der Waals surface area contributed by atoms with Crippen LogP contribution in [0.4, 0.5) is 0 Å². The first kappa shape index (κ1) is 29.6. The van der Waals surface area contributed by atoms with Crippen LogP contribution in [0.1, 0.15) is 16.7 Å². The van der Waals surface area contributed by atoms with Crippen molar-refractivity contribution in [3.05, 3.63) is 144 Å². The van der Waals surface area contributed by atoms with E-state index in [1.807, 2.05) is 67.8 Å². The monoisotopic (exact) mass is 773 g/mol. The second-order valence-corrected chi connectivity index (χ2v) is 11.5. The second-order valence-electron chi connectivity index (χ2n) is 11.5. The zero-order valence-electron chi connectivity index (χ0n) is 25.5. The van der Waals surface area contributed by atoms with E-state index in [1.54, 1.807) is 0 Å². The molecule has 0 unspecified atom stereocenters. The van der Waals surface area contributed by atoms with Crippen LogP contribution in [0.2, 0.25) is 0 Å². The molecule has 4 aromatic heterocycles. The Morgan fingerprint density at radius 3 is 2.17 bits per heavy atom. The molecule has 9 rings (SSSR count). The Balaban J connectivity index is 0.000000204. The summed E-state index contributed by atoms with van der Waals surface area (Å²) in [6.07, 6.45) is 3.71. The van der Waals surface area contributed by atoms with Crippen LogP contribution in [-0.2, 0) is 20.1 Å². The molecule has 5 aromatic carbocycles. The standard InChI is InChI=1S/C29H18NO2.C12H10N.Ir/c1-16-6-9-19-18(14-16)8-10-21-20-4-3-5-23(28(20)32-27(19)21)26-29-22(12-13-30-26)24-15-17(2)7-11-25(24)31-29;1-10-7-8-12(13-9-10)11-5-3-2-4-6-11;/h3-4,6-15H,1-2H3;2-5,7-9H,1H3;/q2*-1;. The predicted octanol–water partition coefficient (Wildman–Crippen LogP) is 11.0. The summed E-state index contributed by atoms with van der Waals surface area (Å²) in [6, 6.07) is 41.5. The summed E-state index contributed by atoms with van der Waals surface area (Å²) >= 11 is 0. The molecule has 0 bridgehead atoms. The van der Waals surface area contributed by atoms with E-state index in [1.165, 1.54) is 22.1 Å². The van der Waals surface area contributed by atoms with Gasteiger partial charge < -0.3 is 18.8 Å². The van der Waals surface area contributed by atoms with E-state index in [-0.39, 0.29) is 20.1 Å². The average Bonchev–Trinajstić information content (AvgIpc) is 3.64. The molecule has 0 amide bonds. The van der Waals surface area contributed by atoms with Crippen LogP contribution >= 0.6 is 0 Å². The summed E-state index contributed by atoms with van der Waals surface area (Å²) < 4.78 is 12.8. The van der Waals surface area contributed by atoms with Gasteiger partial charge in [-0.15, -0.1) is 54.1 Å². The van der Waals surface area contributed by atoms with Gasteiger partial charge in [-0.05, 0) is 55.6 Å². The SMILES string of the molecule is Cc1ccc(-c2[c-]cccc2)nc1.Cc1ccc2c(ccc3c4cc[c-]c(-c5nccc6c5oc5ccc(C)cc56)c4oc23)c1.[Ir]. The molecule has 4 heterocycles. The van der Waals surface area contributed by atoms with Crippen molar-refractivity contribution in [2.75, 3.05) is 0 Å². The number of furan rings is 2. The third kappa shape index (κ3) is 5.18. The minimum Gasteiger partial charge on any atom is -0.500 e. The summed E-state index contributed by atoms with van der Waals surface area (Å²) in [7, 11) is 0. The minimum absolute atomic E-state index is 0. The molecule has 0 N–H and O–H groups in total. The maximum Gasteiger partial charge on any atom is 0.134 e. The molecule has 46 heavy (non-hydrogen) atoms. The molecule has 5 heteroatoms. The van der Waals surface area contributed by atoms with Crippen molar-refractivity contribution < 1.29 is 28.9 Å². The summed E-state index contributed by atoms with van der Waals surface area (Å²) in [4.78, 5) is 9.02. The van der Waals surface area contributed by atoms with Crippen LogP contribution in [0.5, 0.6) is 0 Å². The minimum atomic E-state index is 0. The Hall–Kier alpha value is -5.09. The molecule has 0 atom stereocenters. The van der Waals surface area contributed by atoms with E-state index in [0.717, 1.165) is 71.8 Å². The molecule has 0 aliphatic carbocycles. The van der Waals surface area contributed by atoms with Gasteiger partial charge in [-0.25, -0.2) is 0 Å². The number of aryl methyl sites for hydroxylation is 3. The Bertz CT molecular complexity index is 2510. The number of rotatable bonds is 2. The van der Waals surface area contributed by atoms with Crippen molar-refractivity contribution in [2.24, 2.45) is 0 Å². The number of hydrogen-bond donors (Lipinski definition) is 0. The third-order valence-corrected chi connectivity index (χ3v) is 8.24. The van der Waals surface area contributed by atoms with E-state index < -0.39 is 0 Å². The van der Waals surface area contributed by atoms with E-state index >= 15 is 0 Å². The number of benzene rings is 5. The Morgan fingerprint density at radius 2 is 1.35 bits per heavy atom. The molecule has 9 aromatic rings. The largest absolute Gasteiger partial charge is 0.500 e. The maximum atomic E-state index is 6.52. The first-order valence-electron chi connectivity index (χ1n) is 15.0. The quantitative estimate of drug-likeness (QED) is 0.164. The number of fused-ring (bicyclic) bond motifs is 8. The normalized spacial score (nSPS) is 11.2. The molecule has 0 saturated heterocycles. The van der Waals surface area contributed by atoms with Gasteiger partial charge in [-0.1, -0.05) is 70.6 Å². The van der Waals surface area contributed by atoms with E-state index in [9.17, 15) is 0 Å². The number of nitrogens with zero attached hydrogens (tertiary/aromatic N) is 2. The molecule has 0 fully saturated rings. The summed E-state index contributed by atoms with van der Waals surface area (Å²) in [6.45, 7) is 6.23. The van der Waals surface area contributed by atoms with Crippen molar-refractivity contribution in [3.8, 4) is 22.5 Å². The van der Waals surface area contributed by atoms with E-state index in [4.69, 9.17) is 13.8 Å². The molecule has 0 aliphatic heterocycles. The molecule has 4 nitrogen and oxygen atoms in total. The third-order valence-electron chi connectivity index (χ3n) is 8.24. The van der Waals surface area contributed by atoms with Gasteiger partial charge in [-0.2, -0.15) is 0 Å². The predicted molar refractivity (Wildman–Crippen MR) is 183 cm³/mol. The van der Waals surface area contributed by atoms with E-state index in [0.29, 0.717) is 0 Å². The molecular weight excluding hydrogens is 745 g/mol. The van der Waals surface area contributed by atoms with Crippen LogP contribution in [0.25, 0.3) is 77.2 Å². The molecule has 0 spiro atoms. The zero-order chi connectivity index (χ0) is 30.5. The topological polar surface area (TPSA) is 52.1 Å². The van der Waals surface area contributed by atoms with Gasteiger partial charge in [0.1, 0.15) is 16.7 Å². The van der Waals surface area contributed by atoms with Gasteiger partial charge in [0.15, 0.2) is 0 Å². The van der Waals surface area contributed by atoms with Crippen LogP contribution in [0.3, 0.4) is 0 Å². The van der Waals surface area contributed by atoms with Crippen LogP contribution in [-0.4, -0.2) is 9.97 Å². The fraction of sp³-hybridized carbons (Fsp3) is 0.0732. The molecular formula is C41H28IrN2O2-2. The summed E-state index contributed by atoms with van der Waals surface area (Å²) in [5.41, 5.74) is 10.5. The smallest absolute Gasteiger partial charge is 0.134 e. The second kappa shape index (κ2) is 12.0. The first-order valence-corrected chi connectivity index (χ1v) is 15.0. The number of pyridine rings is 2. The Labute approximate surface area is 280 Å². The van der Waals surface area contributed by atoms with Crippen LogP contribution in [0.15, 0.2) is 124 Å². The van der Waals surface area contributed by atoms with Gasteiger partial charge in [-0.3, -0.25) is 0 Å². The Kier molecular flexibility index (Phi) is 7.74. The summed E-state index contributed by atoms with van der Waals surface area (Å²) in [5.74, 6) is 0. The van der Waals surface area contributed by atoms with Crippen molar-refractivity contribution in [1.29, 1.82) is 0 Å². The maximum absolute atomic E-state index is 6.52. The van der Waals surface area contributed by atoms with Crippen molar-refractivity contribution in [1.82, 2.24) is 9.97 Å². The van der Waals surface area contributed by atoms with Gasteiger partial charge in [0.2, 0.25) is 0 Å². The van der Waals surface area contributed by atoms with E-state index in [2.05, 4.69) is 85.6 Å². The average molecular weight is 773 g/mol. The van der Waals surface area contributed by atoms with Gasteiger partial charge in [0, 0.05) is 59.7 Å². The molecule has 1 radical (unpaired) electrons. The molecule has 225 valence electrons. The fourth-order valence-corrected chi connectivity index (χ4v) is 6.00. The first-order chi connectivity index (χ1) is 22.0. The van der Waals surface area contributed by atoms with Crippen molar-refractivity contribution >= 4 is 54.6 Å². The molecule has 0 aliphatic rings. The number of aromatic nitrogens is 2. The zero-order valence-corrected chi connectivity index (χ0v) is 27.9. The summed E-state index contributed by atoms with van der Waals surface area (Å²) in [5, 5.41) is 6.59. The Morgan fingerprint density at radius 1 is 0.565 bits per heavy atom. The van der Waals surface area contributed by atoms with Crippen LogP contribution in [0, 0.1) is 32.9 Å². The van der Waals surface area contributed by atoms with Crippen LogP contribution < -0.4 is 0 Å². The van der Waals surface area contributed by atoms with Crippen molar-refractivity contribution in [3.63, 3.8) is 0 Å².